The van der Waals surface area contributed by atoms with Crippen molar-refractivity contribution < 1.29 is 9.15 Å². The summed E-state index contributed by atoms with van der Waals surface area (Å²) in [6, 6.07) is 8.02. The fourth-order valence-corrected chi connectivity index (χ4v) is 2.17. The molecule has 3 rings (SSSR count). The first-order valence-electron chi connectivity index (χ1n) is 6.84. The molecule has 0 N–H and O–H groups in total. The normalized spacial score (nSPS) is 14.8. The van der Waals surface area contributed by atoms with Crippen molar-refractivity contribution in [1.82, 2.24) is 10.2 Å². The summed E-state index contributed by atoms with van der Waals surface area (Å²) in [5.74, 6) is 2.23. The fourth-order valence-electron chi connectivity index (χ4n) is 2.17. The molecule has 0 amide bonds. The van der Waals surface area contributed by atoms with Crippen LogP contribution in [0.3, 0.4) is 0 Å². The predicted octanol–water partition coefficient (Wildman–Crippen LogP) is 2.77. The Labute approximate surface area is 118 Å². The van der Waals surface area contributed by atoms with E-state index in [1.54, 1.807) is 0 Å². The maximum Gasteiger partial charge on any atom is 0.235 e. The molecule has 0 bridgehead atoms. The van der Waals surface area contributed by atoms with Crippen LogP contribution in [-0.2, 0) is 12.0 Å². The molecule has 1 aromatic heterocycles. The van der Waals surface area contributed by atoms with Gasteiger partial charge >= 0.3 is 0 Å². The molecule has 2 aromatic rings. The summed E-state index contributed by atoms with van der Waals surface area (Å²) in [5, 5.41) is 8.28. The summed E-state index contributed by atoms with van der Waals surface area (Å²) in [7, 11) is 0. The van der Waals surface area contributed by atoms with Crippen LogP contribution in [-0.4, -0.2) is 23.3 Å². The van der Waals surface area contributed by atoms with Crippen LogP contribution in [0, 0.1) is 0 Å². The summed E-state index contributed by atoms with van der Waals surface area (Å²) in [5.41, 5.74) is 0.961. The molecule has 0 spiro atoms. The highest BCUT2D eigenvalue weighted by atomic mass is 16.5. The van der Waals surface area contributed by atoms with Gasteiger partial charge in [0.05, 0.1) is 18.8 Å². The Morgan fingerprint density at radius 1 is 1.20 bits per heavy atom. The van der Waals surface area contributed by atoms with Crippen LogP contribution in [0.15, 0.2) is 28.7 Å². The number of para-hydroxylation sites is 2. The van der Waals surface area contributed by atoms with Gasteiger partial charge in [-0.25, -0.2) is 0 Å². The summed E-state index contributed by atoms with van der Waals surface area (Å²) < 4.78 is 11.4. The zero-order valence-electron chi connectivity index (χ0n) is 12.1. The van der Waals surface area contributed by atoms with Crippen molar-refractivity contribution in [3.63, 3.8) is 0 Å². The first-order chi connectivity index (χ1) is 9.54. The van der Waals surface area contributed by atoms with Crippen molar-refractivity contribution in [2.24, 2.45) is 0 Å². The molecular weight excluding hydrogens is 254 g/mol. The zero-order chi connectivity index (χ0) is 14.2. The molecular formula is C15H19N3O2. The molecule has 0 fully saturated rings. The summed E-state index contributed by atoms with van der Waals surface area (Å²) in [6.45, 7) is 8.31. The van der Waals surface area contributed by atoms with Crippen LogP contribution in [0.1, 0.15) is 32.6 Å². The van der Waals surface area contributed by atoms with Crippen LogP contribution in [0.2, 0.25) is 0 Å². The molecule has 106 valence electrons. The number of benzene rings is 1. The minimum absolute atomic E-state index is 0.117. The van der Waals surface area contributed by atoms with E-state index in [0.717, 1.165) is 18.0 Å². The number of anilines is 1. The third kappa shape index (κ3) is 2.48. The fraction of sp³-hybridized carbons (Fsp3) is 0.467. The van der Waals surface area contributed by atoms with Crippen LogP contribution in [0.4, 0.5) is 5.69 Å². The van der Waals surface area contributed by atoms with Gasteiger partial charge in [0.15, 0.2) is 0 Å². The lowest BCUT2D eigenvalue weighted by atomic mass is 9.97. The average molecular weight is 273 g/mol. The highest BCUT2D eigenvalue weighted by molar-refractivity contribution is 5.59. The molecule has 0 radical (unpaired) electrons. The van der Waals surface area contributed by atoms with Crippen molar-refractivity contribution in [3.8, 4) is 5.75 Å². The van der Waals surface area contributed by atoms with Crippen molar-refractivity contribution in [2.75, 3.05) is 18.1 Å². The lowest BCUT2D eigenvalue weighted by molar-refractivity contribution is 0.302. The number of rotatable bonds is 2. The van der Waals surface area contributed by atoms with Crippen molar-refractivity contribution in [1.29, 1.82) is 0 Å². The van der Waals surface area contributed by atoms with Crippen molar-refractivity contribution in [2.45, 2.75) is 32.7 Å². The van der Waals surface area contributed by atoms with Gasteiger partial charge in [0.1, 0.15) is 12.4 Å². The van der Waals surface area contributed by atoms with Gasteiger partial charge < -0.3 is 14.1 Å². The second-order valence-corrected chi connectivity index (χ2v) is 5.99. The third-order valence-electron chi connectivity index (χ3n) is 3.26. The van der Waals surface area contributed by atoms with Gasteiger partial charge in [-0.2, -0.15) is 0 Å². The van der Waals surface area contributed by atoms with Crippen LogP contribution in [0.25, 0.3) is 0 Å². The second kappa shape index (κ2) is 4.81. The third-order valence-corrected chi connectivity index (χ3v) is 3.26. The van der Waals surface area contributed by atoms with Gasteiger partial charge in [-0.3, -0.25) is 0 Å². The Kier molecular flexibility index (Phi) is 3.12. The van der Waals surface area contributed by atoms with Crippen molar-refractivity contribution >= 4 is 5.69 Å². The van der Waals surface area contributed by atoms with Gasteiger partial charge in [0.2, 0.25) is 11.8 Å². The molecule has 5 heteroatoms. The van der Waals surface area contributed by atoms with Crippen LogP contribution >= 0.6 is 0 Å². The summed E-state index contributed by atoms with van der Waals surface area (Å²) >= 11 is 0. The van der Waals surface area contributed by atoms with E-state index in [-0.39, 0.29) is 5.41 Å². The van der Waals surface area contributed by atoms with Gasteiger partial charge in [0.25, 0.3) is 0 Å². The number of ether oxygens (including phenoxy) is 1. The van der Waals surface area contributed by atoms with Crippen LogP contribution in [0.5, 0.6) is 5.75 Å². The van der Waals surface area contributed by atoms with E-state index >= 15 is 0 Å². The minimum atomic E-state index is -0.117. The Bertz CT molecular complexity index is 601. The number of fused-ring (bicyclic) bond motifs is 1. The maximum absolute atomic E-state index is 5.76. The highest BCUT2D eigenvalue weighted by Crippen LogP contribution is 2.32. The van der Waals surface area contributed by atoms with E-state index in [0.29, 0.717) is 24.9 Å². The van der Waals surface area contributed by atoms with Gasteiger partial charge in [-0.15, -0.1) is 10.2 Å². The van der Waals surface area contributed by atoms with E-state index < -0.39 is 0 Å². The molecule has 0 aliphatic carbocycles. The summed E-state index contributed by atoms with van der Waals surface area (Å²) in [6.07, 6.45) is 0. The molecule has 2 heterocycles. The highest BCUT2D eigenvalue weighted by Gasteiger charge is 2.24. The van der Waals surface area contributed by atoms with E-state index in [9.17, 15) is 0 Å². The minimum Gasteiger partial charge on any atom is -0.490 e. The topological polar surface area (TPSA) is 51.4 Å². The van der Waals surface area contributed by atoms with Gasteiger partial charge in [-0.1, -0.05) is 32.9 Å². The summed E-state index contributed by atoms with van der Waals surface area (Å²) in [4.78, 5) is 2.21. The zero-order valence-corrected chi connectivity index (χ0v) is 12.1. The molecule has 0 saturated heterocycles. The first-order valence-corrected chi connectivity index (χ1v) is 6.84. The molecule has 1 aliphatic rings. The molecule has 0 saturated carbocycles. The van der Waals surface area contributed by atoms with E-state index in [1.807, 2.05) is 18.2 Å². The lowest BCUT2D eigenvalue weighted by Gasteiger charge is -2.29. The largest absolute Gasteiger partial charge is 0.490 e. The number of hydrogen-bond donors (Lipinski definition) is 0. The molecule has 1 aromatic carbocycles. The smallest absolute Gasteiger partial charge is 0.235 e. The first kappa shape index (κ1) is 13.0. The predicted molar refractivity (Wildman–Crippen MR) is 76.0 cm³/mol. The SMILES string of the molecule is CC(C)(C)c1nnc(CN2CCOc3ccccc32)o1. The Balaban J connectivity index is 1.81. The standard InChI is InChI=1S/C15H19N3O2/c1-15(2,3)14-17-16-13(20-14)10-18-8-9-19-12-7-5-4-6-11(12)18/h4-7H,8-10H2,1-3H3. The van der Waals surface area contributed by atoms with E-state index in [2.05, 4.69) is 41.9 Å². The number of aromatic nitrogens is 2. The second-order valence-electron chi connectivity index (χ2n) is 5.99. The monoisotopic (exact) mass is 273 g/mol. The maximum atomic E-state index is 5.76. The van der Waals surface area contributed by atoms with Gasteiger partial charge in [0, 0.05) is 5.41 Å². The van der Waals surface area contributed by atoms with E-state index in [1.165, 1.54) is 0 Å². The van der Waals surface area contributed by atoms with Crippen molar-refractivity contribution in [3.05, 3.63) is 36.0 Å². The van der Waals surface area contributed by atoms with Gasteiger partial charge in [-0.05, 0) is 12.1 Å². The Morgan fingerprint density at radius 3 is 2.75 bits per heavy atom. The molecule has 5 nitrogen and oxygen atoms in total. The molecule has 1 aliphatic heterocycles. The molecule has 20 heavy (non-hydrogen) atoms. The quantitative estimate of drug-likeness (QED) is 0.842. The molecule has 0 unspecified atom stereocenters. The lowest BCUT2D eigenvalue weighted by Crippen LogP contribution is -2.32. The average Bonchev–Trinajstić information content (AvgIpc) is 2.88. The van der Waals surface area contributed by atoms with E-state index in [4.69, 9.17) is 9.15 Å². The molecule has 0 atom stereocenters. The van der Waals surface area contributed by atoms with Crippen LogP contribution < -0.4 is 9.64 Å². The Hall–Kier alpha value is -2.04. The Morgan fingerprint density at radius 2 is 2.00 bits per heavy atom. The number of hydrogen-bond acceptors (Lipinski definition) is 5. The number of nitrogens with zero attached hydrogens (tertiary/aromatic N) is 3.